The van der Waals surface area contributed by atoms with Gasteiger partial charge in [0.1, 0.15) is 5.82 Å². The Bertz CT molecular complexity index is 1230. The summed E-state index contributed by atoms with van der Waals surface area (Å²) < 4.78 is 20.4. The summed E-state index contributed by atoms with van der Waals surface area (Å²) in [6, 6.07) is 11.9. The van der Waals surface area contributed by atoms with Crippen LogP contribution in [0.5, 0.6) is 0 Å². The Morgan fingerprint density at radius 3 is 2.44 bits per heavy atom. The average molecular weight is 493 g/mol. The Morgan fingerprint density at radius 1 is 1.03 bits per heavy atom. The molecule has 0 unspecified atom stereocenters. The van der Waals surface area contributed by atoms with E-state index in [0.717, 1.165) is 56.4 Å². The lowest BCUT2D eigenvalue weighted by molar-refractivity contribution is -0.146. The molecule has 0 atom stereocenters. The van der Waals surface area contributed by atoms with Crippen LogP contribution in [0.25, 0.3) is 11.0 Å². The van der Waals surface area contributed by atoms with E-state index in [1.54, 1.807) is 0 Å². The number of carbonyl (C=O) groups excluding carboxylic acids is 2. The maximum absolute atomic E-state index is 13.4. The number of aromatic nitrogens is 2. The number of rotatable bonds is 6. The van der Waals surface area contributed by atoms with Gasteiger partial charge in [0.15, 0.2) is 0 Å². The van der Waals surface area contributed by atoms with Crippen molar-refractivity contribution < 1.29 is 18.7 Å². The first-order chi connectivity index (χ1) is 17.5. The fraction of sp³-hybridized carbons (Fsp3) is 0.464. The second kappa shape index (κ2) is 10.8. The van der Waals surface area contributed by atoms with Crippen LogP contribution in [0.1, 0.15) is 66.9 Å². The molecule has 1 saturated carbocycles. The summed E-state index contributed by atoms with van der Waals surface area (Å²) in [5.74, 6) is -0.479. The van der Waals surface area contributed by atoms with Crippen LogP contribution in [-0.4, -0.2) is 46.5 Å². The molecule has 7 nitrogen and oxygen atoms in total. The lowest BCUT2D eigenvalue weighted by atomic mass is 9.86. The second-order valence-electron chi connectivity index (χ2n) is 9.95. The van der Waals surface area contributed by atoms with Gasteiger partial charge in [-0.15, -0.1) is 0 Å². The van der Waals surface area contributed by atoms with Gasteiger partial charge in [0, 0.05) is 18.2 Å². The maximum atomic E-state index is 13.4. The molecule has 1 aliphatic carbocycles. The van der Waals surface area contributed by atoms with Crippen LogP contribution in [0.4, 0.5) is 10.3 Å². The fourth-order valence-electron chi connectivity index (χ4n) is 5.58. The number of hydrogen-bond donors (Lipinski definition) is 1. The van der Waals surface area contributed by atoms with Gasteiger partial charge in [-0.25, -0.2) is 9.37 Å². The maximum Gasteiger partial charge on any atom is 0.308 e. The van der Waals surface area contributed by atoms with Crippen molar-refractivity contribution in [3.63, 3.8) is 0 Å². The predicted molar refractivity (Wildman–Crippen MR) is 136 cm³/mol. The smallest absolute Gasteiger partial charge is 0.308 e. The Kier molecular flexibility index (Phi) is 7.32. The molecule has 2 fully saturated rings. The second-order valence-corrected chi connectivity index (χ2v) is 9.95. The number of methoxy groups -OCH3 is 1. The molecular formula is C28H33FN4O3. The van der Waals surface area contributed by atoms with E-state index in [9.17, 15) is 14.0 Å². The molecule has 1 saturated heterocycles. The molecule has 8 heteroatoms. The van der Waals surface area contributed by atoms with Gasteiger partial charge < -0.3 is 9.30 Å². The van der Waals surface area contributed by atoms with Crippen molar-refractivity contribution in [2.24, 2.45) is 5.92 Å². The van der Waals surface area contributed by atoms with Crippen LogP contribution in [0.3, 0.4) is 0 Å². The molecule has 1 amide bonds. The van der Waals surface area contributed by atoms with E-state index >= 15 is 0 Å². The number of esters is 1. The van der Waals surface area contributed by atoms with Gasteiger partial charge in [-0.1, -0.05) is 12.5 Å². The summed E-state index contributed by atoms with van der Waals surface area (Å²) in [5, 5.41) is 2.97. The van der Waals surface area contributed by atoms with E-state index in [-0.39, 0.29) is 29.7 Å². The van der Waals surface area contributed by atoms with Crippen LogP contribution in [0, 0.1) is 11.7 Å². The molecule has 2 heterocycles. The van der Waals surface area contributed by atoms with Crippen molar-refractivity contribution in [3.8, 4) is 0 Å². The third-order valence-electron chi connectivity index (χ3n) is 7.54. The molecule has 1 aliphatic heterocycles. The largest absolute Gasteiger partial charge is 0.469 e. The minimum absolute atomic E-state index is 0.0899. The van der Waals surface area contributed by atoms with Crippen LogP contribution >= 0.6 is 0 Å². The number of nitrogens with one attached hydrogen (secondary N) is 1. The molecule has 0 bridgehead atoms. The monoisotopic (exact) mass is 492 g/mol. The zero-order valence-corrected chi connectivity index (χ0v) is 20.7. The molecule has 5 rings (SSSR count). The number of carbonyl (C=O) groups is 2. The van der Waals surface area contributed by atoms with Gasteiger partial charge in [-0.2, -0.15) is 0 Å². The minimum Gasteiger partial charge on any atom is -0.469 e. The van der Waals surface area contributed by atoms with Crippen LogP contribution < -0.4 is 5.32 Å². The van der Waals surface area contributed by atoms with E-state index in [1.807, 2.05) is 6.07 Å². The molecular weight excluding hydrogens is 459 g/mol. The summed E-state index contributed by atoms with van der Waals surface area (Å²) in [4.78, 5) is 32.3. The number of likely N-dealkylation sites (tertiary alicyclic amines) is 1. The molecule has 2 aliphatic rings. The number of hydrogen-bond acceptors (Lipinski definition) is 5. The topological polar surface area (TPSA) is 76.5 Å². The lowest BCUT2D eigenvalue weighted by Crippen LogP contribution is -2.29. The number of amides is 1. The molecule has 190 valence electrons. The highest BCUT2D eigenvalue weighted by Gasteiger charge is 2.30. The van der Waals surface area contributed by atoms with Gasteiger partial charge >= 0.3 is 5.97 Å². The van der Waals surface area contributed by atoms with Crippen molar-refractivity contribution in [1.29, 1.82) is 0 Å². The minimum atomic E-state index is -0.387. The zero-order valence-electron chi connectivity index (χ0n) is 20.7. The third-order valence-corrected chi connectivity index (χ3v) is 7.54. The van der Waals surface area contributed by atoms with E-state index < -0.39 is 0 Å². The van der Waals surface area contributed by atoms with Gasteiger partial charge in [0.2, 0.25) is 5.95 Å². The Hall–Kier alpha value is -3.26. The van der Waals surface area contributed by atoms with Gasteiger partial charge in [0.25, 0.3) is 5.91 Å². The summed E-state index contributed by atoms with van der Waals surface area (Å²) in [7, 11) is 1.44. The molecule has 0 spiro atoms. The highest BCUT2D eigenvalue weighted by atomic mass is 19.1. The van der Waals surface area contributed by atoms with E-state index in [1.165, 1.54) is 56.2 Å². The molecule has 1 aromatic heterocycles. The van der Waals surface area contributed by atoms with E-state index in [4.69, 9.17) is 9.72 Å². The highest BCUT2D eigenvalue weighted by Crippen LogP contribution is 2.37. The van der Waals surface area contributed by atoms with Crippen LogP contribution in [0.15, 0.2) is 42.5 Å². The van der Waals surface area contributed by atoms with Crippen molar-refractivity contribution in [3.05, 3.63) is 59.4 Å². The first-order valence-electron chi connectivity index (χ1n) is 12.9. The Balaban J connectivity index is 1.46. The number of anilines is 1. The summed E-state index contributed by atoms with van der Waals surface area (Å²) in [5.41, 5.74) is 3.41. The molecule has 3 aromatic rings. The fourth-order valence-corrected chi connectivity index (χ4v) is 5.58. The average Bonchev–Trinajstić information content (AvgIpc) is 3.26. The summed E-state index contributed by atoms with van der Waals surface area (Å²) >= 11 is 0. The van der Waals surface area contributed by atoms with Gasteiger partial charge in [0.05, 0.1) is 24.1 Å². The lowest BCUT2D eigenvalue weighted by Gasteiger charge is -2.29. The molecule has 1 N–H and O–H groups in total. The first-order valence-corrected chi connectivity index (χ1v) is 12.9. The highest BCUT2D eigenvalue weighted by molar-refractivity contribution is 6.04. The molecule has 36 heavy (non-hydrogen) atoms. The number of benzene rings is 2. The molecule has 2 aromatic carbocycles. The van der Waals surface area contributed by atoms with Crippen molar-refractivity contribution >= 4 is 28.9 Å². The van der Waals surface area contributed by atoms with Crippen LogP contribution in [0.2, 0.25) is 0 Å². The number of piperidine rings is 1. The van der Waals surface area contributed by atoms with Gasteiger partial charge in [-0.3, -0.25) is 19.8 Å². The number of ether oxygens (including phenoxy) is 1. The van der Waals surface area contributed by atoms with E-state index in [2.05, 4.69) is 26.9 Å². The quantitative estimate of drug-likeness (QED) is 0.472. The van der Waals surface area contributed by atoms with Gasteiger partial charge in [-0.05, 0) is 93.6 Å². The summed E-state index contributed by atoms with van der Waals surface area (Å²) in [6.07, 6.45) is 6.83. The first kappa shape index (κ1) is 24.4. The Morgan fingerprint density at radius 2 is 1.75 bits per heavy atom. The molecule has 0 radical (unpaired) electrons. The van der Waals surface area contributed by atoms with Crippen molar-refractivity contribution in [2.45, 2.75) is 57.5 Å². The standard InChI is InChI=1S/C28H33FN4O3/c1-36-27(35)21-8-12-23(13-9-21)33-25-17-19(18-32-15-3-2-4-16-32)5-14-24(25)30-28(33)31-26(34)20-6-10-22(29)11-7-20/h5-7,10-11,14,17,21,23H,2-4,8-9,12-13,15-16,18H2,1H3,(H,30,31,34). The Labute approximate surface area is 210 Å². The van der Waals surface area contributed by atoms with Crippen molar-refractivity contribution in [2.75, 3.05) is 25.5 Å². The van der Waals surface area contributed by atoms with Crippen LogP contribution in [-0.2, 0) is 16.1 Å². The SMILES string of the molecule is COC(=O)C1CCC(n2c(NC(=O)c3ccc(F)cc3)nc3ccc(CN4CCCCC4)cc32)CC1. The number of fused-ring (bicyclic) bond motifs is 1. The van der Waals surface area contributed by atoms with Crippen molar-refractivity contribution in [1.82, 2.24) is 14.5 Å². The third kappa shape index (κ3) is 5.28. The van der Waals surface area contributed by atoms with E-state index in [0.29, 0.717) is 11.5 Å². The number of imidazole rings is 1. The number of nitrogens with zero attached hydrogens (tertiary/aromatic N) is 3. The summed E-state index contributed by atoms with van der Waals surface area (Å²) in [6.45, 7) is 3.13. The normalized spacial score (nSPS) is 20.8. The number of halogens is 1. The zero-order chi connectivity index (χ0) is 25.1. The predicted octanol–water partition coefficient (Wildman–Crippen LogP) is 5.32.